The molecule has 1 aromatic rings. The second-order valence-corrected chi connectivity index (χ2v) is 19.5. The van der Waals surface area contributed by atoms with Crippen LogP contribution in [-0.2, 0) is 19.0 Å². The van der Waals surface area contributed by atoms with Gasteiger partial charge in [0.25, 0.3) is 10.0 Å². The first-order chi connectivity index (χ1) is 14.1. The second kappa shape index (κ2) is 9.21. The van der Waals surface area contributed by atoms with Crippen molar-refractivity contribution >= 4 is 25.9 Å². The van der Waals surface area contributed by atoms with Gasteiger partial charge < -0.3 is 4.43 Å². The number of nitrogens with zero attached hydrogens (tertiary/aromatic N) is 3. The van der Waals surface area contributed by atoms with Crippen LogP contribution in [0.25, 0.3) is 0 Å². The van der Waals surface area contributed by atoms with Crippen molar-refractivity contribution in [3.8, 4) is 0 Å². The summed E-state index contributed by atoms with van der Waals surface area (Å²) in [5.74, 6) is 0. The van der Waals surface area contributed by atoms with E-state index in [1.54, 1.807) is 53.8 Å². The molecule has 0 saturated carbocycles. The van der Waals surface area contributed by atoms with Crippen LogP contribution in [0.15, 0.2) is 41.8 Å². The third-order valence-electron chi connectivity index (χ3n) is 6.44. The normalized spacial score (nSPS) is 19.6. The molecule has 1 saturated heterocycles. The van der Waals surface area contributed by atoms with E-state index in [0.29, 0.717) is 13.1 Å². The van der Waals surface area contributed by atoms with E-state index >= 15 is 0 Å². The zero-order chi connectivity index (χ0) is 23.8. The summed E-state index contributed by atoms with van der Waals surface area (Å²) in [5.41, 5.74) is 0.953. The van der Waals surface area contributed by atoms with Crippen molar-refractivity contribution in [2.24, 2.45) is 0 Å². The maximum absolute atomic E-state index is 14.3. The Balaban J connectivity index is 2.57. The van der Waals surface area contributed by atoms with Gasteiger partial charge in [0.05, 0.1) is 17.5 Å². The lowest BCUT2D eigenvalue weighted by atomic mass is 10.2. The molecule has 0 amide bonds. The smallest absolute Gasteiger partial charge is 0.300 e. The van der Waals surface area contributed by atoms with Gasteiger partial charge in [-0.3, -0.25) is 4.57 Å². The number of hydrogen-bond acceptors (Lipinski definition) is 4. The van der Waals surface area contributed by atoms with Crippen LogP contribution >= 0.6 is 7.59 Å². The molecule has 1 aromatic carbocycles. The highest BCUT2D eigenvalue weighted by Crippen LogP contribution is 2.61. The van der Waals surface area contributed by atoms with Gasteiger partial charge in [0, 0.05) is 13.1 Å². The van der Waals surface area contributed by atoms with Gasteiger partial charge in [-0.15, -0.1) is 10.7 Å². The molecule has 0 spiro atoms. The van der Waals surface area contributed by atoms with Gasteiger partial charge in [-0.1, -0.05) is 44.5 Å². The summed E-state index contributed by atoms with van der Waals surface area (Å²) >= 11 is 0. The zero-order valence-corrected chi connectivity index (χ0v) is 22.8. The Bertz CT molecular complexity index is 930. The molecule has 10 heteroatoms. The van der Waals surface area contributed by atoms with Gasteiger partial charge in [0.15, 0.2) is 8.32 Å². The lowest BCUT2D eigenvalue weighted by Crippen LogP contribution is -2.48. The highest BCUT2D eigenvalue weighted by molar-refractivity contribution is 7.94. The average molecular weight is 488 g/mol. The van der Waals surface area contributed by atoms with Crippen molar-refractivity contribution in [2.75, 3.05) is 33.8 Å². The molecule has 1 fully saturated rings. The van der Waals surface area contributed by atoms with Crippen molar-refractivity contribution in [3.05, 3.63) is 42.5 Å². The highest BCUT2D eigenvalue weighted by atomic mass is 32.2. The third-order valence-corrected chi connectivity index (χ3v) is 16.8. The molecule has 0 N–H and O–H groups in total. The van der Waals surface area contributed by atoms with Gasteiger partial charge in [0.1, 0.15) is 0 Å². The van der Waals surface area contributed by atoms with E-state index in [2.05, 4.69) is 40.4 Å². The third kappa shape index (κ3) is 5.08. The maximum Gasteiger partial charge on any atom is 0.300 e. The van der Waals surface area contributed by atoms with Gasteiger partial charge in [-0.2, -0.15) is 0 Å². The Morgan fingerprint density at radius 1 is 1.19 bits per heavy atom. The average Bonchev–Trinajstić information content (AvgIpc) is 2.91. The lowest BCUT2D eigenvalue weighted by molar-refractivity contribution is 0.241. The van der Waals surface area contributed by atoms with E-state index in [1.807, 2.05) is 6.92 Å². The fraction of sp³-hybridized carbons (Fsp3) is 0.619. The van der Waals surface area contributed by atoms with Crippen LogP contribution in [0.4, 0.5) is 0 Å². The van der Waals surface area contributed by atoms with E-state index in [0.717, 1.165) is 9.64 Å². The van der Waals surface area contributed by atoms with Gasteiger partial charge in [-0.25, -0.2) is 17.8 Å². The van der Waals surface area contributed by atoms with Crippen LogP contribution in [0.3, 0.4) is 0 Å². The number of benzene rings is 1. The van der Waals surface area contributed by atoms with Crippen LogP contribution in [0.5, 0.6) is 0 Å². The molecule has 0 radical (unpaired) electrons. The fourth-order valence-corrected chi connectivity index (χ4v) is 9.92. The molecule has 1 heterocycles. The van der Waals surface area contributed by atoms with Crippen LogP contribution in [0.2, 0.25) is 18.1 Å². The number of aryl methyl sites for hydroxylation is 1. The van der Waals surface area contributed by atoms with Crippen LogP contribution in [0.1, 0.15) is 26.3 Å². The maximum atomic E-state index is 14.3. The first-order valence-electron chi connectivity index (χ1n) is 10.5. The highest BCUT2D eigenvalue weighted by Gasteiger charge is 2.52. The summed E-state index contributed by atoms with van der Waals surface area (Å²) in [6, 6.07) is 5.86. The second-order valence-electron chi connectivity index (χ2n) is 9.74. The molecule has 2 rings (SSSR count). The van der Waals surface area contributed by atoms with Crippen molar-refractivity contribution < 1.29 is 17.4 Å². The molecule has 1 unspecified atom stereocenters. The van der Waals surface area contributed by atoms with Crippen molar-refractivity contribution in [3.63, 3.8) is 0 Å². The number of sulfonamides is 1. The molecular weight excluding hydrogens is 449 g/mol. The van der Waals surface area contributed by atoms with Gasteiger partial charge >= 0.3 is 7.59 Å². The predicted octanol–water partition coefficient (Wildman–Crippen LogP) is 4.55. The molecular formula is C21H38N3O4PSSi. The van der Waals surface area contributed by atoms with E-state index in [1.165, 1.54) is 0 Å². The summed E-state index contributed by atoms with van der Waals surface area (Å²) in [5, 5.41) is -0.0371. The van der Waals surface area contributed by atoms with E-state index in [9.17, 15) is 13.0 Å². The number of rotatable bonds is 8. The zero-order valence-electron chi connectivity index (χ0n) is 20.1. The Morgan fingerprint density at radius 3 is 2.10 bits per heavy atom. The van der Waals surface area contributed by atoms with Crippen LogP contribution in [-0.4, -0.2) is 70.0 Å². The van der Waals surface area contributed by atoms with Crippen LogP contribution in [0, 0.1) is 6.92 Å². The molecule has 0 aliphatic carbocycles. The molecule has 7 nitrogen and oxygen atoms in total. The molecule has 1 aliphatic heterocycles. The monoisotopic (exact) mass is 487 g/mol. The molecule has 1 aliphatic rings. The summed E-state index contributed by atoms with van der Waals surface area (Å²) in [6.45, 7) is 17.5. The van der Waals surface area contributed by atoms with Crippen molar-refractivity contribution in [2.45, 2.75) is 56.8 Å². The Morgan fingerprint density at radius 2 is 1.68 bits per heavy atom. The summed E-state index contributed by atoms with van der Waals surface area (Å²) in [4.78, 5) is 0.112. The quantitative estimate of drug-likeness (QED) is 0.304. The van der Waals surface area contributed by atoms with Gasteiger partial charge in [-0.05, 0) is 51.3 Å². The minimum Gasteiger partial charge on any atom is -0.415 e. The van der Waals surface area contributed by atoms with Crippen molar-refractivity contribution in [1.29, 1.82) is 0 Å². The first kappa shape index (κ1) is 26.4. The van der Waals surface area contributed by atoms with Crippen molar-refractivity contribution in [1.82, 2.24) is 13.4 Å². The SMILES string of the molecule is C=CC(CO[Si](C)(C)C(C)(C)C)N(P1(=O)N(C)CCN1C)S(=O)(=O)c1ccc(C)cc1. The van der Waals surface area contributed by atoms with E-state index in [4.69, 9.17) is 4.43 Å². The molecule has 0 aromatic heterocycles. The summed E-state index contributed by atoms with van der Waals surface area (Å²) in [6.07, 6.45) is 1.54. The summed E-state index contributed by atoms with van der Waals surface area (Å²) < 4.78 is 52.8. The van der Waals surface area contributed by atoms with E-state index < -0.39 is 32.0 Å². The molecule has 1 atom stereocenters. The number of likely N-dealkylation sites (N-methyl/N-ethyl adjacent to an activating group) is 2. The minimum absolute atomic E-state index is 0.0371. The molecule has 176 valence electrons. The largest absolute Gasteiger partial charge is 0.415 e. The van der Waals surface area contributed by atoms with Gasteiger partial charge in [0.2, 0.25) is 0 Å². The van der Waals surface area contributed by atoms with E-state index in [-0.39, 0.29) is 16.5 Å². The van der Waals surface area contributed by atoms with Crippen LogP contribution < -0.4 is 0 Å². The molecule has 0 bridgehead atoms. The summed E-state index contributed by atoms with van der Waals surface area (Å²) in [7, 11) is -6.42. The standard InChI is InChI=1S/C21H38N3O4PSSi/c1-10-19(17-28-31(8,9)21(3,4)5)24(29(25)22(6)15-16-23(29)7)30(26,27)20-13-11-18(2)12-14-20/h10-14,19H,1,15-17H2,2-9H3. The molecule has 31 heavy (non-hydrogen) atoms. The Kier molecular flexibility index (Phi) is 7.86. The number of hydrogen-bond donors (Lipinski definition) is 0. The first-order valence-corrected chi connectivity index (χ1v) is 16.4. The lowest BCUT2D eigenvalue weighted by Gasteiger charge is -2.41. The fourth-order valence-electron chi connectivity index (χ4n) is 3.17. The minimum atomic E-state index is -4.09. The predicted molar refractivity (Wildman–Crippen MR) is 130 cm³/mol. The Labute approximate surface area is 189 Å². The Hall–Kier alpha value is -0.803. The topological polar surface area (TPSA) is 70.2 Å².